The Morgan fingerprint density at radius 3 is 2.15 bits per heavy atom. The normalized spacial score (nSPS) is 11.5. The van der Waals surface area contributed by atoms with Crippen molar-refractivity contribution < 1.29 is 32.3 Å². The second-order valence-electron chi connectivity index (χ2n) is 2.05. The van der Waals surface area contributed by atoms with E-state index in [-0.39, 0.29) is 0 Å². The summed E-state index contributed by atoms with van der Waals surface area (Å²) >= 11 is 0. The summed E-state index contributed by atoms with van der Waals surface area (Å²) in [7, 11) is 0. The molecular formula is C5H5F4NO3. The van der Waals surface area contributed by atoms with E-state index in [1.807, 2.05) is 0 Å². The van der Waals surface area contributed by atoms with Crippen LogP contribution in [0.1, 0.15) is 0 Å². The summed E-state index contributed by atoms with van der Waals surface area (Å²) in [5, 5.41) is 9.01. The summed E-state index contributed by atoms with van der Waals surface area (Å²) in [4.78, 5) is 19.9. The van der Waals surface area contributed by atoms with Gasteiger partial charge < -0.3 is 10.4 Å². The lowest BCUT2D eigenvalue weighted by atomic mass is 10.3. The average Bonchev–Trinajstić information content (AvgIpc) is 1.99. The van der Waals surface area contributed by atoms with Crippen LogP contribution in [0, 0.1) is 0 Å². The summed E-state index contributed by atoms with van der Waals surface area (Å²) in [6.07, 6.45) is -3.94. The number of carbonyl (C=O) groups is 2. The summed E-state index contributed by atoms with van der Waals surface area (Å²) in [5.41, 5.74) is 0. The number of amides is 1. The van der Waals surface area contributed by atoms with Crippen molar-refractivity contribution in [3.05, 3.63) is 0 Å². The van der Waals surface area contributed by atoms with E-state index < -0.39 is 30.8 Å². The Hall–Kier alpha value is -1.34. The summed E-state index contributed by atoms with van der Waals surface area (Å²) in [6.45, 7) is -1.70. The minimum atomic E-state index is -4.41. The highest BCUT2D eigenvalue weighted by molar-refractivity contribution is 6.31. The number of carboxylic acid groups (broad SMARTS) is 1. The van der Waals surface area contributed by atoms with Crippen LogP contribution >= 0.6 is 0 Å². The van der Waals surface area contributed by atoms with Gasteiger partial charge in [0, 0.05) is 0 Å². The highest BCUT2D eigenvalue weighted by Gasteiger charge is 2.41. The predicted octanol–water partition coefficient (Wildman–Crippen LogP) is 0.0876. The SMILES string of the molecule is O=C(O)C(=O)NCC(F)(F)C(F)F. The van der Waals surface area contributed by atoms with Crippen LogP contribution in [0.4, 0.5) is 17.6 Å². The number of nitrogens with one attached hydrogen (secondary N) is 1. The number of halogens is 4. The summed E-state index contributed by atoms with van der Waals surface area (Å²) < 4.78 is 46.9. The first-order valence-corrected chi connectivity index (χ1v) is 2.94. The van der Waals surface area contributed by atoms with Gasteiger partial charge in [0.1, 0.15) is 0 Å². The molecule has 2 N–H and O–H groups in total. The lowest BCUT2D eigenvalue weighted by Crippen LogP contribution is -2.43. The Morgan fingerprint density at radius 1 is 1.38 bits per heavy atom. The van der Waals surface area contributed by atoms with E-state index >= 15 is 0 Å². The smallest absolute Gasteiger partial charge is 0.394 e. The fourth-order valence-electron chi connectivity index (χ4n) is 0.351. The number of rotatable bonds is 3. The molecule has 0 aromatic heterocycles. The Labute approximate surface area is 69.5 Å². The minimum absolute atomic E-state index is 1.14. The average molecular weight is 203 g/mol. The van der Waals surface area contributed by atoms with E-state index in [1.165, 1.54) is 0 Å². The molecule has 76 valence electrons. The zero-order chi connectivity index (χ0) is 10.6. The van der Waals surface area contributed by atoms with E-state index in [1.54, 1.807) is 0 Å². The van der Waals surface area contributed by atoms with Crippen LogP contribution in [0.3, 0.4) is 0 Å². The number of carbonyl (C=O) groups excluding carboxylic acids is 1. The van der Waals surface area contributed by atoms with Gasteiger partial charge in [-0.25, -0.2) is 13.6 Å². The molecule has 1 amide bonds. The number of carboxylic acids is 1. The monoisotopic (exact) mass is 203 g/mol. The second-order valence-corrected chi connectivity index (χ2v) is 2.05. The molecule has 0 aromatic carbocycles. The third kappa shape index (κ3) is 3.72. The van der Waals surface area contributed by atoms with Gasteiger partial charge in [0.2, 0.25) is 0 Å². The number of alkyl halides is 4. The molecule has 0 aliphatic heterocycles. The maximum atomic E-state index is 12.0. The van der Waals surface area contributed by atoms with Gasteiger partial charge in [0.15, 0.2) is 0 Å². The van der Waals surface area contributed by atoms with Crippen molar-refractivity contribution in [1.29, 1.82) is 0 Å². The fraction of sp³-hybridized carbons (Fsp3) is 0.600. The molecule has 0 bridgehead atoms. The number of hydrogen-bond acceptors (Lipinski definition) is 2. The van der Waals surface area contributed by atoms with Gasteiger partial charge in [-0.05, 0) is 0 Å². The quantitative estimate of drug-likeness (QED) is 0.504. The standard InChI is InChI=1S/C5H5F4NO3/c6-4(7)5(8,9)1-10-2(11)3(12)13/h4H,1H2,(H,10,11)(H,12,13). The summed E-state index contributed by atoms with van der Waals surface area (Å²) in [6, 6.07) is 0. The topological polar surface area (TPSA) is 66.4 Å². The number of aliphatic carboxylic acids is 1. The van der Waals surface area contributed by atoms with Gasteiger partial charge in [-0.1, -0.05) is 0 Å². The molecule has 0 rings (SSSR count). The van der Waals surface area contributed by atoms with Crippen molar-refractivity contribution in [2.75, 3.05) is 6.54 Å². The Kier molecular flexibility index (Phi) is 3.64. The van der Waals surface area contributed by atoms with Crippen LogP contribution in [-0.2, 0) is 9.59 Å². The molecule has 0 aliphatic rings. The Bertz CT molecular complexity index is 218. The molecule has 0 radical (unpaired) electrons. The van der Waals surface area contributed by atoms with Gasteiger partial charge in [-0.3, -0.25) is 4.79 Å². The van der Waals surface area contributed by atoms with Crippen molar-refractivity contribution in [1.82, 2.24) is 5.32 Å². The van der Waals surface area contributed by atoms with Gasteiger partial charge in [0.25, 0.3) is 0 Å². The van der Waals surface area contributed by atoms with Gasteiger partial charge in [-0.2, -0.15) is 8.78 Å². The van der Waals surface area contributed by atoms with E-state index in [9.17, 15) is 27.2 Å². The van der Waals surface area contributed by atoms with Crippen LogP contribution in [0.25, 0.3) is 0 Å². The lowest BCUT2D eigenvalue weighted by molar-refractivity contribution is -0.153. The predicted molar refractivity (Wildman–Crippen MR) is 31.6 cm³/mol. The molecule has 0 fully saturated rings. The van der Waals surface area contributed by atoms with Crippen LogP contribution in [0.15, 0.2) is 0 Å². The first-order chi connectivity index (χ1) is 5.77. The maximum Gasteiger partial charge on any atom is 0.394 e. The zero-order valence-electron chi connectivity index (χ0n) is 6.06. The van der Waals surface area contributed by atoms with Crippen molar-refractivity contribution in [3.8, 4) is 0 Å². The first kappa shape index (κ1) is 11.7. The van der Waals surface area contributed by atoms with Crippen molar-refractivity contribution in [2.24, 2.45) is 0 Å². The highest BCUT2D eigenvalue weighted by Crippen LogP contribution is 2.21. The van der Waals surface area contributed by atoms with Gasteiger partial charge >= 0.3 is 24.2 Å². The molecule has 0 saturated carbocycles. The fourth-order valence-corrected chi connectivity index (χ4v) is 0.351. The van der Waals surface area contributed by atoms with Crippen LogP contribution in [-0.4, -0.2) is 35.9 Å². The maximum absolute atomic E-state index is 12.0. The van der Waals surface area contributed by atoms with Crippen molar-refractivity contribution in [2.45, 2.75) is 12.3 Å². The molecular weight excluding hydrogens is 198 g/mol. The minimum Gasteiger partial charge on any atom is -0.474 e. The molecule has 13 heavy (non-hydrogen) atoms. The molecule has 0 atom stereocenters. The molecule has 4 nitrogen and oxygen atoms in total. The van der Waals surface area contributed by atoms with E-state index in [0.717, 1.165) is 5.32 Å². The molecule has 0 spiro atoms. The van der Waals surface area contributed by atoms with Gasteiger partial charge in [0.05, 0.1) is 6.54 Å². The van der Waals surface area contributed by atoms with Crippen molar-refractivity contribution >= 4 is 11.9 Å². The van der Waals surface area contributed by atoms with E-state index in [4.69, 9.17) is 5.11 Å². The van der Waals surface area contributed by atoms with Gasteiger partial charge in [-0.15, -0.1) is 0 Å². The van der Waals surface area contributed by atoms with E-state index in [2.05, 4.69) is 0 Å². The molecule has 0 aliphatic carbocycles. The van der Waals surface area contributed by atoms with Crippen LogP contribution in [0.2, 0.25) is 0 Å². The number of hydrogen-bond donors (Lipinski definition) is 2. The third-order valence-corrected chi connectivity index (χ3v) is 0.998. The van der Waals surface area contributed by atoms with Crippen LogP contribution in [0.5, 0.6) is 0 Å². The molecule has 8 heteroatoms. The highest BCUT2D eigenvalue weighted by atomic mass is 19.3. The Balaban J connectivity index is 4.02. The molecule has 0 saturated heterocycles. The summed E-state index contributed by atoms with van der Waals surface area (Å²) in [5.74, 6) is -8.17. The zero-order valence-corrected chi connectivity index (χ0v) is 6.06. The Morgan fingerprint density at radius 2 is 1.85 bits per heavy atom. The second kappa shape index (κ2) is 4.06. The lowest BCUT2D eigenvalue weighted by Gasteiger charge is -2.14. The third-order valence-electron chi connectivity index (χ3n) is 0.998. The molecule has 0 heterocycles. The van der Waals surface area contributed by atoms with Crippen molar-refractivity contribution in [3.63, 3.8) is 0 Å². The van der Waals surface area contributed by atoms with E-state index in [0.29, 0.717) is 0 Å². The molecule has 0 unspecified atom stereocenters. The first-order valence-electron chi connectivity index (χ1n) is 2.94. The molecule has 0 aromatic rings. The largest absolute Gasteiger partial charge is 0.474 e. The van der Waals surface area contributed by atoms with Crippen LogP contribution < -0.4 is 5.32 Å².